The molecule has 0 bridgehead atoms. The Morgan fingerprint density at radius 2 is 1.88 bits per heavy atom. The van der Waals surface area contributed by atoms with Gasteiger partial charge in [0.25, 0.3) is 0 Å². The number of fused-ring (bicyclic) bond motifs is 3. The highest BCUT2D eigenvalue weighted by atomic mass is 16.8. The van der Waals surface area contributed by atoms with Crippen molar-refractivity contribution in [1.82, 2.24) is 4.90 Å². The summed E-state index contributed by atoms with van der Waals surface area (Å²) in [5.41, 5.74) is -0.593. The Labute approximate surface area is 147 Å². The fourth-order valence-corrected chi connectivity index (χ4v) is 4.44. The highest BCUT2D eigenvalue weighted by Crippen LogP contribution is 2.46. The smallest absolute Gasteiger partial charge is 0.410 e. The molecular weight excluding hydrogens is 326 g/mol. The lowest BCUT2D eigenvalue weighted by Gasteiger charge is -2.40. The average Bonchev–Trinajstić information content (AvgIpc) is 3.05. The maximum atomic E-state index is 12.7. The van der Waals surface area contributed by atoms with Gasteiger partial charge in [-0.25, -0.2) is 4.79 Å². The van der Waals surface area contributed by atoms with Crippen LogP contribution in [0.3, 0.4) is 0 Å². The maximum absolute atomic E-state index is 12.7. The highest BCUT2D eigenvalue weighted by molar-refractivity contribution is 5.76. The van der Waals surface area contributed by atoms with E-state index < -0.39 is 23.6 Å². The zero-order valence-corrected chi connectivity index (χ0v) is 15.2. The first-order valence-electron chi connectivity index (χ1n) is 9.31. The van der Waals surface area contributed by atoms with E-state index in [1.807, 2.05) is 20.8 Å². The van der Waals surface area contributed by atoms with Crippen molar-refractivity contribution >= 4 is 12.1 Å². The molecule has 140 valence electrons. The van der Waals surface area contributed by atoms with E-state index in [1.165, 1.54) is 6.42 Å². The minimum atomic E-state index is -0.593. The number of carbonyl (C=O) groups excluding carboxylic acids is 2. The highest BCUT2D eigenvalue weighted by Gasteiger charge is 2.60. The van der Waals surface area contributed by atoms with Crippen molar-refractivity contribution in [3.05, 3.63) is 0 Å². The molecule has 0 aromatic carbocycles. The summed E-state index contributed by atoms with van der Waals surface area (Å²) in [6.07, 6.45) is 3.76. The van der Waals surface area contributed by atoms with Crippen molar-refractivity contribution in [2.24, 2.45) is 0 Å². The van der Waals surface area contributed by atoms with E-state index in [1.54, 1.807) is 4.90 Å². The maximum Gasteiger partial charge on any atom is 0.410 e. The largest absolute Gasteiger partial charge is 0.457 e. The lowest BCUT2D eigenvalue weighted by molar-refractivity contribution is -0.199. The second-order valence-corrected chi connectivity index (χ2v) is 8.57. The monoisotopic (exact) mass is 353 g/mol. The molecule has 1 saturated carbocycles. The first-order chi connectivity index (χ1) is 11.8. The van der Waals surface area contributed by atoms with Crippen LogP contribution < -0.4 is 0 Å². The first kappa shape index (κ1) is 17.1. The van der Waals surface area contributed by atoms with Crippen molar-refractivity contribution in [3.63, 3.8) is 0 Å². The van der Waals surface area contributed by atoms with Gasteiger partial charge in [-0.15, -0.1) is 0 Å². The number of esters is 1. The molecule has 4 fully saturated rings. The van der Waals surface area contributed by atoms with Crippen LogP contribution in [0.1, 0.15) is 59.3 Å². The third kappa shape index (κ3) is 3.12. The SMILES string of the molecule is CC(C)(C)OC(=O)N1C[C@@H]2OC3(CCCCC3)O[C@H]2[C@H]2OC(=O)C[C@H]21. The van der Waals surface area contributed by atoms with Gasteiger partial charge in [0, 0.05) is 12.8 Å². The molecule has 4 aliphatic rings. The van der Waals surface area contributed by atoms with Gasteiger partial charge in [-0.2, -0.15) is 0 Å². The summed E-state index contributed by atoms with van der Waals surface area (Å²) in [6.45, 7) is 5.87. The van der Waals surface area contributed by atoms with Crippen LogP contribution in [-0.4, -0.2) is 59.2 Å². The molecule has 0 unspecified atom stereocenters. The van der Waals surface area contributed by atoms with E-state index in [0.29, 0.717) is 6.54 Å². The van der Waals surface area contributed by atoms with Crippen LogP contribution in [-0.2, 0) is 23.7 Å². The number of nitrogens with zero attached hydrogens (tertiary/aromatic N) is 1. The Morgan fingerprint density at radius 1 is 1.16 bits per heavy atom. The van der Waals surface area contributed by atoms with Gasteiger partial charge in [-0.3, -0.25) is 9.69 Å². The third-order valence-corrected chi connectivity index (χ3v) is 5.45. The molecular formula is C18H27NO6. The van der Waals surface area contributed by atoms with E-state index >= 15 is 0 Å². The molecule has 3 heterocycles. The van der Waals surface area contributed by atoms with Gasteiger partial charge in [0.2, 0.25) is 0 Å². The van der Waals surface area contributed by atoms with E-state index in [4.69, 9.17) is 18.9 Å². The predicted octanol–water partition coefficient (Wildman–Crippen LogP) is 2.37. The minimum Gasteiger partial charge on any atom is -0.457 e. The molecule has 1 amide bonds. The normalized spacial score (nSPS) is 36.8. The number of rotatable bonds is 0. The van der Waals surface area contributed by atoms with Crippen LogP contribution in [0.4, 0.5) is 4.79 Å². The van der Waals surface area contributed by atoms with E-state index in [0.717, 1.165) is 25.7 Å². The van der Waals surface area contributed by atoms with Gasteiger partial charge >= 0.3 is 12.1 Å². The Bertz CT molecular complexity index is 564. The van der Waals surface area contributed by atoms with Crippen LogP contribution in [0.25, 0.3) is 0 Å². The second-order valence-electron chi connectivity index (χ2n) is 8.57. The molecule has 25 heavy (non-hydrogen) atoms. The Morgan fingerprint density at radius 3 is 2.56 bits per heavy atom. The lowest BCUT2D eigenvalue weighted by Crippen LogP contribution is -2.60. The van der Waals surface area contributed by atoms with Crippen LogP contribution >= 0.6 is 0 Å². The Balaban J connectivity index is 1.56. The lowest BCUT2D eigenvalue weighted by atomic mass is 9.94. The molecule has 1 aliphatic carbocycles. The number of ether oxygens (including phenoxy) is 4. The number of carbonyl (C=O) groups is 2. The van der Waals surface area contributed by atoms with Crippen LogP contribution in [0.5, 0.6) is 0 Å². The number of amides is 1. The summed E-state index contributed by atoms with van der Waals surface area (Å²) in [7, 11) is 0. The van der Waals surface area contributed by atoms with Gasteiger partial charge < -0.3 is 18.9 Å². The summed E-state index contributed by atoms with van der Waals surface area (Å²) in [6, 6.07) is -0.342. The standard InChI is InChI=1S/C18H27NO6/c1-17(2,3)25-16(21)19-10-12-15(14-11(19)9-13(20)22-14)24-18(23-12)7-5-4-6-8-18/h11-12,14-15H,4-10H2,1-3H3/t11-,12+,14+,15-/m1/s1. The third-order valence-electron chi connectivity index (χ3n) is 5.45. The quantitative estimate of drug-likeness (QED) is 0.623. The summed E-state index contributed by atoms with van der Waals surface area (Å²) < 4.78 is 23.7. The molecule has 1 spiro atoms. The van der Waals surface area contributed by atoms with Gasteiger partial charge in [-0.1, -0.05) is 6.42 Å². The molecule has 3 saturated heterocycles. The molecule has 0 aromatic rings. The molecule has 0 aromatic heterocycles. The van der Waals surface area contributed by atoms with E-state index in [9.17, 15) is 9.59 Å². The van der Waals surface area contributed by atoms with Crippen molar-refractivity contribution in [2.45, 2.75) is 95.0 Å². The van der Waals surface area contributed by atoms with Crippen LogP contribution in [0.15, 0.2) is 0 Å². The van der Waals surface area contributed by atoms with Gasteiger partial charge in [-0.05, 0) is 33.6 Å². The Hall–Kier alpha value is -1.34. The summed E-state index contributed by atoms with van der Waals surface area (Å²) in [5, 5.41) is 0. The van der Waals surface area contributed by atoms with Crippen molar-refractivity contribution < 1.29 is 28.5 Å². The fraction of sp³-hybridized carbons (Fsp3) is 0.889. The summed E-state index contributed by atoms with van der Waals surface area (Å²) in [4.78, 5) is 26.2. The second kappa shape index (κ2) is 5.84. The number of piperidine rings is 1. The van der Waals surface area contributed by atoms with Crippen molar-refractivity contribution in [2.75, 3.05) is 6.54 Å². The topological polar surface area (TPSA) is 74.3 Å². The first-order valence-corrected chi connectivity index (χ1v) is 9.31. The van der Waals surface area contributed by atoms with Crippen molar-refractivity contribution in [1.29, 1.82) is 0 Å². The molecule has 7 nitrogen and oxygen atoms in total. The molecule has 4 atom stereocenters. The zero-order valence-electron chi connectivity index (χ0n) is 15.2. The van der Waals surface area contributed by atoms with Gasteiger partial charge in [0.1, 0.15) is 17.8 Å². The Kier molecular flexibility index (Phi) is 3.99. The van der Waals surface area contributed by atoms with E-state index in [-0.39, 0.29) is 30.6 Å². The van der Waals surface area contributed by atoms with Gasteiger partial charge in [0.15, 0.2) is 11.9 Å². The predicted molar refractivity (Wildman–Crippen MR) is 86.8 cm³/mol. The fourth-order valence-electron chi connectivity index (χ4n) is 4.44. The van der Waals surface area contributed by atoms with Crippen LogP contribution in [0, 0.1) is 0 Å². The summed E-state index contributed by atoms with van der Waals surface area (Å²) >= 11 is 0. The number of hydrogen-bond acceptors (Lipinski definition) is 6. The summed E-state index contributed by atoms with van der Waals surface area (Å²) in [5.74, 6) is -0.866. The van der Waals surface area contributed by atoms with Crippen LogP contribution in [0.2, 0.25) is 0 Å². The minimum absolute atomic E-state index is 0.184. The molecule has 3 aliphatic heterocycles. The average molecular weight is 353 g/mol. The molecule has 0 radical (unpaired) electrons. The number of likely N-dealkylation sites (tertiary alicyclic amines) is 1. The molecule has 0 N–H and O–H groups in total. The van der Waals surface area contributed by atoms with Gasteiger partial charge in [0.05, 0.1) is 19.0 Å². The van der Waals surface area contributed by atoms with Crippen molar-refractivity contribution in [3.8, 4) is 0 Å². The van der Waals surface area contributed by atoms with E-state index in [2.05, 4.69) is 0 Å². The zero-order chi connectivity index (χ0) is 17.8. The molecule has 4 rings (SSSR count). The molecule has 7 heteroatoms. The number of hydrogen-bond donors (Lipinski definition) is 0.